The normalized spacial score (nSPS) is 14.3. The Morgan fingerprint density at radius 2 is 1.56 bits per heavy atom. The molecule has 98 valence electrons. The van der Waals surface area contributed by atoms with Gasteiger partial charge in [0, 0.05) is 0 Å². The average molecular weight is 264 g/mol. The van der Waals surface area contributed by atoms with Crippen LogP contribution in [-0.2, 0) is 9.84 Å². The molecule has 0 amide bonds. The van der Waals surface area contributed by atoms with Crippen molar-refractivity contribution >= 4 is 9.84 Å². The number of rotatable bonds is 7. The number of hydrogen-bond donors (Lipinski definition) is 0. The van der Waals surface area contributed by atoms with Crippen LogP contribution in [0.15, 0.2) is 71.6 Å². The molecular weight excluding hydrogens is 244 g/mol. The minimum absolute atomic E-state index is 0.217. The van der Waals surface area contributed by atoms with Gasteiger partial charge in [-0.3, -0.25) is 0 Å². The summed E-state index contributed by atoms with van der Waals surface area (Å²) in [5.41, 5.74) is 0. The summed E-state index contributed by atoms with van der Waals surface area (Å²) in [7, 11) is -3.52. The molecule has 0 N–H and O–H groups in total. The lowest BCUT2D eigenvalue weighted by atomic mass is 10.4. The standard InChI is InChI=1S/C15H20O2S/c1-5-9-13-15(12-8-4)18(16,17)14(10-6-2)11-7-3/h6-13H,2,4-5H2,1,3H3/b11-7-,13-9-,14-10+,15-12+. The molecule has 0 atom stereocenters. The van der Waals surface area contributed by atoms with Gasteiger partial charge in [0.1, 0.15) is 0 Å². The summed E-state index contributed by atoms with van der Waals surface area (Å²) in [5.74, 6) is 0. The fraction of sp³-hybridized carbons (Fsp3) is 0.200. The quantitative estimate of drug-likeness (QED) is 0.649. The molecule has 0 aromatic heterocycles. The zero-order valence-corrected chi connectivity index (χ0v) is 11.8. The van der Waals surface area contributed by atoms with E-state index in [1.807, 2.05) is 6.92 Å². The molecule has 0 rings (SSSR count). The summed E-state index contributed by atoms with van der Waals surface area (Å²) >= 11 is 0. The summed E-state index contributed by atoms with van der Waals surface area (Å²) < 4.78 is 24.7. The Labute approximate surface area is 110 Å². The Bertz CT molecular complexity index is 501. The second-order valence-electron chi connectivity index (χ2n) is 3.42. The molecule has 0 radical (unpaired) electrons. The van der Waals surface area contributed by atoms with Crippen LogP contribution in [0.25, 0.3) is 0 Å². The van der Waals surface area contributed by atoms with E-state index < -0.39 is 9.84 Å². The zero-order valence-electron chi connectivity index (χ0n) is 11.0. The van der Waals surface area contributed by atoms with Crippen molar-refractivity contribution in [3.63, 3.8) is 0 Å². The molecule has 0 heterocycles. The van der Waals surface area contributed by atoms with Crippen molar-refractivity contribution in [1.82, 2.24) is 0 Å². The Morgan fingerprint density at radius 1 is 1.06 bits per heavy atom. The highest BCUT2D eigenvalue weighted by molar-refractivity contribution is 7.99. The third-order valence-electron chi connectivity index (χ3n) is 2.03. The van der Waals surface area contributed by atoms with Crippen LogP contribution in [0, 0.1) is 0 Å². The Hall–Kier alpha value is -1.61. The molecule has 0 spiro atoms. The van der Waals surface area contributed by atoms with Crippen LogP contribution >= 0.6 is 0 Å². The molecule has 0 aliphatic rings. The second-order valence-corrected chi connectivity index (χ2v) is 5.37. The van der Waals surface area contributed by atoms with Crippen molar-refractivity contribution in [3.8, 4) is 0 Å². The van der Waals surface area contributed by atoms with Crippen molar-refractivity contribution < 1.29 is 8.42 Å². The molecule has 0 aromatic rings. The van der Waals surface area contributed by atoms with Crippen LogP contribution in [0.4, 0.5) is 0 Å². The maximum absolute atomic E-state index is 12.4. The van der Waals surface area contributed by atoms with Gasteiger partial charge < -0.3 is 0 Å². The van der Waals surface area contributed by atoms with E-state index in [2.05, 4.69) is 13.2 Å². The zero-order chi connectivity index (χ0) is 14.0. The third kappa shape index (κ3) is 4.72. The van der Waals surface area contributed by atoms with Gasteiger partial charge in [-0.1, -0.05) is 44.4 Å². The molecule has 0 saturated carbocycles. The Balaban J connectivity index is 5.76. The molecule has 3 heteroatoms. The van der Waals surface area contributed by atoms with Gasteiger partial charge in [-0.25, -0.2) is 8.42 Å². The fourth-order valence-corrected chi connectivity index (χ4v) is 2.65. The van der Waals surface area contributed by atoms with Gasteiger partial charge in [0.25, 0.3) is 0 Å². The summed E-state index contributed by atoms with van der Waals surface area (Å²) in [4.78, 5) is 0.444. The van der Waals surface area contributed by atoms with Crippen molar-refractivity contribution in [2.24, 2.45) is 0 Å². The lowest BCUT2D eigenvalue weighted by Crippen LogP contribution is -2.04. The SMILES string of the molecule is C=C/C=C(\C=C/C)S(=O)(=O)C(/C=C\CC)=C/C=C. The number of hydrogen-bond acceptors (Lipinski definition) is 2. The van der Waals surface area contributed by atoms with Gasteiger partial charge in [-0.15, -0.1) is 0 Å². The monoisotopic (exact) mass is 264 g/mol. The van der Waals surface area contributed by atoms with E-state index >= 15 is 0 Å². The first kappa shape index (κ1) is 16.4. The van der Waals surface area contributed by atoms with Crippen LogP contribution in [0.1, 0.15) is 20.3 Å². The molecule has 0 saturated heterocycles. The van der Waals surface area contributed by atoms with Crippen LogP contribution in [0.2, 0.25) is 0 Å². The van der Waals surface area contributed by atoms with E-state index in [-0.39, 0.29) is 9.81 Å². The largest absolute Gasteiger partial charge is 0.219 e. The van der Waals surface area contributed by atoms with Gasteiger partial charge in [0.15, 0.2) is 0 Å². The van der Waals surface area contributed by atoms with Gasteiger partial charge in [0.2, 0.25) is 9.84 Å². The molecule has 0 aliphatic heterocycles. The first-order chi connectivity index (χ1) is 8.54. The van der Waals surface area contributed by atoms with Gasteiger partial charge in [0.05, 0.1) is 9.81 Å². The molecule has 0 aliphatic carbocycles. The smallest absolute Gasteiger partial charge is 0.206 e. The molecule has 0 fully saturated rings. The predicted octanol–water partition coefficient (Wildman–Crippen LogP) is 4.08. The van der Waals surface area contributed by atoms with Crippen molar-refractivity contribution in [2.75, 3.05) is 0 Å². The maximum Gasteiger partial charge on any atom is 0.206 e. The highest BCUT2D eigenvalue weighted by Gasteiger charge is 2.18. The maximum atomic E-state index is 12.4. The number of allylic oxidation sites excluding steroid dienone is 8. The molecule has 0 unspecified atom stereocenters. The molecule has 2 nitrogen and oxygen atoms in total. The third-order valence-corrected chi connectivity index (χ3v) is 3.82. The van der Waals surface area contributed by atoms with Crippen LogP contribution in [-0.4, -0.2) is 8.42 Å². The summed E-state index contributed by atoms with van der Waals surface area (Å²) in [6, 6.07) is 0. The summed E-state index contributed by atoms with van der Waals surface area (Å²) in [5, 5.41) is 0. The van der Waals surface area contributed by atoms with Crippen molar-refractivity contribution in [1.29, 1.82) is 0 Å². The first-order valence-electron chi connectivity index (χ1n) is 5.74. The average Bonchev–Trinajstić information content (AvgIpc) is 2.34. The first-order valence-corrected chi connectivity index (χ1v) is 7.22. The topological polar surface area (TPSA) is 34.1 Å². The van der Waals surface area contributed by atoms with Crippen molar-refractivity contribution in [2.45, 2.75) is 20.3 Å². The molecular formula is C15H20O2S. The highest BCUT2D eigenvalue weighted by atomic mass is 32.2. The van der Waals surface area contributed by atoms with Crippen LogP contribution < -0.4 is 0 Å². The number of sulfone groups is 1. The minimum atomic E-state index is -3.52. The fourth-order valence-electron chi connectivity index (χ4n) is 1.24. The van der Waals surface area contributed by atoms with E-state index in [1.165, 1.54) is 24.3 Å². The van der Waals surface area contributed by atoms with Gasteiger partial charge >= 0.3 is 0 Å². The predicted molar refractivity (Wildman–Crippen MR) is 79.7 cm³/mol. The van der Waals surface area contributed by atoms with Crippen LogP contribution in [0.3, 0.4) is 0 Å². The summed E-state index contributed by atoms with van der Waals surface area (Å²) in [6.07, 6.45) is 13.3. The van der Waals surface area contributed by atoms with E-state index in [0.29, 0.717) is 0 Å². The van der Waals surface area contributed by atoms with E-state index in [4.69, 9.17) is 0 Å². The van der Waals surface area contributed by atoms with Gasteiger partial charge in [-0.2, -0.15) is 0 Å². The minimum Gasteiger partial charge on any atom is -0.219 e. The Kier molecular flexibility index (Phi) is 7.72. The molecule has 0 aromatic carbocycles. The Morgan fingerprint density at radius 3 is 1.94 bits per heavy atom. The van der Waals surface area contributed by atoms with E-state index in [0.717, 1.165) is 6.42 Å². The summed E-state index contributed by atoms with van der Waals surface area (Å²) in [6.45, 7) is 10.8. The second kappa shape index (κ2) is 8.48. The van der Waals surface area contributed by atoms with Gasteiger partial charge in [-0.05, 0) is 37.6 Å². The van der Waals surface area contributed by atoms with Crippen molar-refractivity contribution in [3.05, 3.63) is 71.6 Å². The van der Waals surface area contributed by atoms with E-state index in [1.54, 1.807) is 31.2 Å². The highest BCUT2D eigenvalue weighted by Crippen LogP contribution is 2.20. The van der Waals surface area contributed by atoms with Crippen LogP contribution in [0.5, 0.6) is 0 Å². The molecule has 0 bridgehead atoms. The lowest BCUT2D eigenvalue weighted by Gasteiger charge is -2.05. The van der Waals surface area contributed by atoms with E-state index in [9.17, 15) is 8.42 Å². The molecule has 18 heavy (non-hydrogen) atoms. The lowest BCUT2D eigenvalue weighted by molar-refractivity contribution is 0.609.